The highest BCUT2D eigenvalue weighted by atomic mass is 15.4. The molecular weight excluding hydrogens is 258 g/mol. The van der Waals surface area contributed by atoms with Crippen molar-refractivity contribution in [2.75, 3.05) is 13.1 Å². The van der Waals surface area contributed by atoms with Crippen molar-refractivity contribution in [3.63, 3.8) is 0 Å². The number of hydrogen-bond acceptors (Lipinski definition) is 3. The van der Waals surface area contributed by atoms with E-state index in [0.29, 0.717) is 23.8 Å². The lowest BCUT2D eigenvalue weighted by molar-refractivity contribution is 0.0583. The molecule has 0 aromatic heterocycles. The number of piperidine rings is 1. The minimum atomic E-state index is 0.356. The topological polar surface area (TPSA) is 27.3 Å². The number of nitrogens with zero attached hydrogens (tertiary/aromatic N) is 1. The van der Waals surface area contributed by atoms with Crippen molar-refractivity contribution in [3.8, 4) is 0 Å². The molecule has 0 aromatic rings. The summed E-state index contributed by atoms with van der Waals surface area (Å²) in [7, 11) is 0. The molecule has 3 aliphatic heterocycles. The van der Waals surface area contributed by atoms with Gasteiger partial charge < -0.3 is 5.32 Å². The van der Waals surface area contributed by atoms with Crippen LogP contribution in [0.4, 0.5) is 0 Å². The highest BCUT2D eigenvalue weighted by Crippen LogP contribution is 2.52. The maximum atomic E-state index is 3.96. The summed E-state index contributed by atoms with van der Waals surface area (Å²) in [6, 6.07) is 0.702. The second-order valence-corrected chi connectivity index (χ2v) is 8.89. The molecule has 122 valence electrons. The van der Waals surface area contributed by atoms with Gasteiger partial charge in [-0.25, -0.2) is 0 Å². The van der Waals surface area contributed by atoms with Crippen molar-refractivity contribution in [2.24, 2.45) is 29.1 Å². The van der Waals surface area contributed by atoms with Crippen LogP contribution in [0.1, 0.15) is 54.4 Å². The fourth-order valence-corrected chi connectivity index (χ4v) is 5.73. The minimum Gasteiger partial charge on any atom is -0.302 e. The molecule has 0 aliphatic carbocycles. The van der Waals surface area contributed by atoms with Crippen LogP contribution >= 0.6 is 0 Å². The third-order valence-corrected chi connectivity index (χ3v) is 6.26. The Labute approximate surface area is 131 Å². The molecule has 0 spiro atoms. The van der Waals surface area contributed by atoms with Gasteiger partial charge in [0.15, 0.2) is 0 Å². The van der Waals surface area contributed by atoms with Gasteiger partial charge in [0.25, 0.3) is 0 Å². The number of fused-ring (bicyclic) bond motifs is 3. The van der Waals surface area contributed by atoms with E-state index in [2.05, 4.69) is 57.1 Å². The highest BCUT2D eigenvalue weighted by molar-refractivity contribution is 5.11. The van der Waals surface area contributed by atoms with Gasteiger partial charge in [0.2, 0.25) is 0 Å². The van der Waals surface area contributed by atoms with Gasteiger partial charge in [0, 0.05) is 6.04 Å². The highest BCUT2D eigenvalue weighted by Gasteiger charge is 2.59. The maximum absolute atomic E-state index is 3.96. The molecule has 0 saturated carbocycles. The van der Waals surface area contributed by atoms with Gasteiger partial charge in [-0.2, -0.15) is 0 Å². The first-order valence-corrected chi connectivity index (χ1v) is 9.11. The van der Waals surface area contributed by atoms with E-state index >= 15 is 0 Å². The summed E-state index contributed by atoms with van der Waals surface area (Å²) in [5.74, 6) is 3.24. The van der Waals surface area contributed by atoms with Crippen molar-refractivity contribution < 1.29 is 0 Å². The first-order chi connectivity index (χ1) is 9.86. The number of hydrogen-bond donors (Lipinski definition) is 2. The van der Waals surface area contributed by atoms with Gasteiger partial charge in [-0.1, -0.05) is 41.5 Å². The molecule has 3 aliphatic rings. The lowest BCUT2D eigenvalue weighted by atomic mass is 9.68. The molecule has 3 nitrogen and oxygen atoms in total. The molecule has 2 N–H and O–H groups in total. The monoisotopic (exact) mass is 293 g/mol. The molecule has 3 heterocycles. The second-order valence-electron chi connectivity index (χ2n) is 8.89. The van der Waals surface area contributed by atoms with E-state index in [-0.39, 0.29) is 0 Å². The van der Waals surface area contributed by atoms with E-state index < -0.39 is 0 Å². The van der Waals surface area contributed by atoms with Crippen molar-refractivity contribution in [2.45, 2.75) is 72.8 Å². The van der Waals surface area contributed by atoms with E-state index in [0.717, 1.165) is 23.7 Å². The lowest BCUT2D eigenvalue weighted by Crippen LogP contribution is -2.54. The molecule has 0 aromatic carbocycles. The van der Waals surface area contributed by atoms with Crippen molar-refractivity contribution in [1.29, 1.82) is 0 Å². The van der Waals surface area contributed by atoms with Crippen LogP contribution in [-0.4, -0.2) is 36.4 Å². The summed E-state index contributed by atoms with van der Waals surface area (Å²) in [6.45, 7) is 16.9. The predicted octanol–water partition coefficient (Wildman–Crippen LogP) is 2.88. The zero-order chi connectivity index (χ0) is 15.4. The summed E-state index contributed by atoms with van der Waals surface area (Å²) < 4.78 is 0. The van der Waals surface area contributed by atoms with Crippen LogP contribution in [-0.2, 0) is 0 Å². The van der Waals surface area contributed by atoms with Gasteiger partial charge in [0.05, 0.1) is 12.3 Å². The standard InChI is InChI=1S/C18H35N3/c1-7-21-15(18(4,5)6)13(11(2)3)14-12-9-8-10-19-16(12)20-17(14)21/h11-17,19-20H,7-10H2,1-6H3. The predicted molar refractivity (Wildman–Crippen MR) is 88.9 cm³/mol. The summed E-state index contributed by atoms with van der Waals surface area (Å²) in [5, 5.41) is 7.69. The zero-order valence-corrected chi connectivity index (χ0v) is 14.8. The molecule has 3 heteroatoms. The fraction of sp³-hybridized carbons (Fsp3) is 1.00. The summed E-state index contributed by atoms with van der Waals surface area (Å²) in [6.07, 6.45) is 3.91. The summed E-state index contributed by atoms with van der Waals surface area (Å²) >= 11 is 0. The molecule has 0 amide bonds. The Hall–Kier alpha value is -0.120. The summed E-state index contributed by atoms with van der Waals surface area (Å²) in [4.78, 5) is 2.79. The largest absolute Gasteiger partial charge is 0.302 e. The summed E-state index contributed by atoms with van der Waals surface area (Å²) in [5.41, 5.74) is 0.356. The van der Waals surface area contributed by atoms with Gasteiger partial charge in [0.1, 0.15) is 0 Å². The quantitative estimate of drug-likeness (QED) is 0.820. The van der Waals surface area contributed by atoms with Crippen molar-refractivity contribution in [1.82, 2.24) is 15.5 Å². The number of nitrogens with one attached hydrogen (secondary N) is 2. The smallest absolute Gasteiger partial charge is 0.0647 e. The Morgan fingerprint density at radius 1 is 1.24 bits per heavy atom. The Morgan fingerprint density at radius 2 is 1.95 bits per heavy atom. The fourth-order valence-electron chi connectivity index (χ4n) is 5.73. The van der Waals surface area contributed by atoms with Crippen LogP contribution in [0, 0.1) is 29.1 Å². The average molecular weight is 293 g/mol. The first kappa shape index (κ1) is 15.8. The minimum absolute atomic E-state index is 0.356. The van der Waals surface area contributed by atoms with Gasteiger partial charge in [-0.15, -0.1) is 0 Å². The molecule has 0 radical (unpaired) electrons. The molecule has 6 atom stereocenters. The molecule has 3 saturated heterocycles. The van der Waals surface area contributed by atoms with Gasteiger partial charge in [-0.3, -0.25) is 10.2 Å². The SMILES string of the molecule is CCN1C2NC3NCCCC3C2C(C(C)C)C1C(C)(C)C. The zero-order valence-electron chi connectivity index (χ0n) is 14.8. The molecular formula is C18H35N3. The number of rotatable bonds is 2. The number of likely N-dealkylation sites (tertiary alicyclic amines) is 1. The van der Waals surface area contributed by atoms with Crippen LogP contribution in [0.5, 0.6) is 0 Å². The van der Waals surface area contributed by atoms with E-state index in [1.165, 1.54) is 25.9 Å². The Bertz CT molecular complexity index is 373. The van der Waals surface area contributed by atoms with Gasteiger partial charge in [-0.05, 0) is 55.0 Å². The van der Waals surface area contributed by atoms with Crippen molar-refractivity contribution in [3.05, 3.63) is 0 Å². The second kappa shape index (κ2) is 5.50. The molecule has 0 bridgehead atoms. The van der Waals surface area contributed by atoms with Crippen LogP contribution in [0.25, 0.3) is 0 Å². The average Bonchev–Trinajstić information content (AvgIpc) is 2.91. The van der Waals surface area contributed by atoms with Crippen LogP contribution < -0.4 is 10.6 Å². The molecule has 3 fully saturated rings. The third-order valence-electron chi connectivity index (χ3n) is 6.26. The maximum Gasteiger partial charge on any atom is 0.0647 e. The van der Waals surface area contributed by atoms with Crippen molar-refractivity contribution >= 4 is 0 Å². The molecule has 3 rings (SSSR count). The Kier molecular flexibility index (Phi) is 4.13. The van der Waals surface area contributed by atoms with Crippen LogP contribution in [0.15, 0.2) is 0 Å². The lowest BCUT2D eigenvalue weighted by Gasteiger charge is -2.43. The molecule has 6 unspecified atom stereocenters. The first-order valence-electron chi connectivity index (χ1n) is 9.11. The van der Waals surface area contributed by atoms with Crippen LogP contribution in [0.2, 0.25) is 0 Å². The van der Waals surface area contributed by atoms with E-state index in [1.54, 1.807) is 0 Å². The molecule has 21 heavy (non-hydrogen) atoms. The Morgan fingerprint density at radius 3 is 2.52 bits per heavy atom. The van der Waals surface area contributed by atoms with Crippen LogP contribution in [0.3, 0.4) is 0 Å². The Balaban J connectivity index is 1.96. The van der Waals surface area contributed by atoms with E-state index in [9.17, 15) is 0 Å². The normalized spacial score (nSPS) is 44.1. The third kappa shape index (κ3) is 2.46. The van der Waals surface area contributed by atoms with E-state index in [1.807, 2.05) is 0 Å². The van der Waals surface area contributed by atoms with E-state index in [4.69, 9.17) is 0 Å². The van der Waals surface area contributed by atoms with Gasteiger partial charge >= 0.3 is 0 Å².